The Balaban J connectivity index is 1.59. The fraction of sp³-hybridized carbons (Fsp3) is 0.407. The first-order chi connectivity index (χ1) is 15.9. The van der Waals surface area contributed by atoms with Gasteiger partial charge in [0, 0.05) is 23.5 Å². The summed E-state index contributed by atoms with van der Waals surface area (Å²) in [7, 11) is 0. The summed E-state index contributed by atoms with van der Waals surface area (Å²) in [5, 5.41) is 14.2. The number of Topliss-reactive ketones (excluding diaryl/α,β-unsaturated/α-hetero) is 1. The smallest absolute Gasteiger partial charge is 0.170 e. The third-order valence-electron chi connectivity index (χ3n) is 7.20. The molecule has 1 aromatic heterocycles. The van der Waals surface area contributed by atoms with E-state index in [2.05, 4.69) is 17.2 Å². The van der Waals surface area contributed by atoms with Gasteiger partial charge < -0.3 is 10.4 Å². The Morgan fingerprint density at radius 3 is 2.55 bits per heavy atom. The Bertz CT molecular complexity index is 1190. The molecule has 0 amide bonds. The summed E-state index contributed by atoms with van der Waals surface area (Å²) in [6.45, 7) is 2.25. The average molecular weight is 467 g/mol. The Hall–Kier alpha value is -2.66. The van der Waals surface area contributed by atoms with E-state index in [-0.39, 0.29) is 16.7 Å². The first-order valence-corrected chi connectivity index (χ1v) is 12.2. The zero-order valence-corrected chi connectivity index (χ0v) is 19.5. The van der Waals surface area contributed by atoms with E-state index >= 15 is 0 Å². The lowest BCUT2D eigenvalue weighted by Gasteiger charge is -2.30. The lowest BCUT2D eigenvalue weighted by molar-refractivity contribution is 0.0968. The van der Waals surface area contributed by atoms with Crippen LogP contribution in [0.25, 0.3) is 22.0 Å². The molecule has 5 rings (SSSR count). The van der Waals surface area contributed by atoms with Crippen LogP contribution in [0.2, 0.25) is 5.02 Å². The van der Waals surface area contributed by atoms with Crippen molar-refractivity contribution in [1.29, 1.82) is 0 Å². The van der Waals surface area contributed by atoms with Crippen molar-refractivity contribution in [2.75, 3.05) is 5.32 Å². The van der Waals surface area contributed by atoms with Gasteiger partial charge in [-0.05, 0) is 79.8 Å². The number of carbonyl (C=O) groups excluding carboxylic acids is 1. The summed E-state index contributed by atoms with van der Waals surface area (Å²) in [6.07, 6.45) is 9.34. The molecule has 0 bridgehead atoms. The highest BCUT2D eigenvalue weighted by molar-refractivity contribution is 6.32. The van der Waals surface area contributed by atoms with Crippen molar-refractivity contribution < 1.29 is 14.3 Å². The Morgan fingerprint density at radius 2 is 1.88 bits per heavy atom. The number of hydrogen-bond acceptors (Lipinski definition) is 4. The van der Waals surface area contributed by atoms with Crippen molar-refractivity contribution in [1.82, 2.24) is 4.98 Å². The number of phenols is 1. The standard InChI is InChI=1S/C27H28ClFN2O2/c1-2-15-3-8-19(9-4-15)31-25-20-11-17(18-12-22(28)27(33)23(29)13-18)7-10-24(20)30-14-21(25)26(32)16-5-6-16/h7,10-16,19,33H,2-6,8-9H2,1H3,(H,30,31). The predicted octanol–water partition coefficient (Wildman–Crippen LogP) is 7.37. The molecule has 2 aromatic carbocycles. The van der Waals surface area contributed by atoms with Crippen LogP contribution in [0.3, 0.4) is 0 Å². The van der Waals surface area contributed by atoms with E-state index in [1.54, 1.807) is 12.3 Å². The fourth-order valence-corrected chi connectivity index (χ4v) is 5.14. The van der Waals surface area contributed by atoms with Crippen molar-refractivity contribution in [3.8, 4) is 16.9 Å². The number of nitrogens with zero attached hydrogens (tertiary/aromatic N) is 1. The van der Waals surface area contributed by atoms with Crippen LogP contribution in [0.5, 0.6) is 5.75 Å². The summed E-state index contributed by atoms with van der Waals surface area (Å²) < 4.78 is 14.2. The highest BCUT2D eigenvalue weighted by Gasteiger charge is 2.33. The predicted molar refractivity (Wildman–Crippen MR) is 131 cm³/mol. The maximum atomic E-state index is 14.2. The fourth-order valence-electron chi connectivity index (χ4n) is 4.93. The van der Waals surface area contributed by atoms with Gasteiger partial charge in [0.1, 0.15) is 0 Å². The molecular formula is C27H28ClFN2O2. The highest BCUT2D eigenvalue weighted by Crippen LogP contribution is 2.40. The van der Waals surface area contributed by atoms with Crippen molar-refractivity contribution in [2.24, 2.45) is 11.8 Å². The van der Waals surface area contributed by atoms with Gasteiger partial charge in [-0.15, -0.1) is 0 Å². The largest absolute Gasteiger partial charge is 0.504 e. The summed E-state index contributed by atoms with van der Waals surface area (Å²) in [5.74, 6) is -0.290. The molecule has 1 heterocycles. The molecule has 0 aliphatic heterocycles. The zero-order valence-electron chi connectivity index (χ0n) is 18.7. The number of hydrogen-bond donors (Lipinski definition) is 2. The van der Waals surface area contributed by atoms with Gasteiger partial charge in [-0.25, -0.2) is 4.39 Å². The summed E-state index contributed by atoms with van der Waals surface area (Å²) in [4.78, 5) is 17.7. The number of rotatable bonds is 6. The number of phenolic OH excluding ortho intramolecular Hbond substituents is 1. The second-order valence-electron chi connectivity index (χ2n) is 9.48. The minimum atomic E-state index is -0.764. The van der Waals surface area contributed by atoms with E-state index in [0.717, 1.165) is 53.8 Å². The molecule has 2 saturated carbocycles. The topological polar surface area (TPSA) is 62.2 Å². The molecule has 2 aliphatic rings. The van der Waals surface area contributed by atoms with Crippen LogP contribution in [-0.4, -0.2) is 21.9 Å². The Labute approximate surface area is 198 Å². The molecule has 172 valence electrons. The number of nitrogens with one attached hydrogen (secondary N) is 1. The molecule has 6 heteroatoms. The molecule has 0 unspecified atom stereocenters. The maximum absolute atomic E-state index is 14.2. The van der Waals surface area contributed by atoms with Gasteiger partial charge in [-0.2, -0.15) is 0 Å². The van der Waals surface area contributed by atoms with Crippen LogP contribution < -0.4 is 5.32 Å². The molecule has 2 N–H and O–H groups in total. The van der Waals surface area contributed by atoms with E-state index in [4.69, 9.17) is 11.6 Å². The minimum absolute atomic E-state index is 0.0353. The Morgan fingerprint density at radius 1 is 1.12 bits per heavy atom. The molecule has 3 aromatic rings. The zero-order chi connectivity index (χ0) is 23.1. The lowest BCUT2D eigenvalue weighted by atomic mass is 9.84. The quantitative estimate of drug-likeness (QED) is 0.372. The number of pyridine rings is 1. The van der Waals surface area contributed by atoms with Crippen molar-refractivity contribution in [3.63, 3.8) is 0 Å². The number of carbonyl (C=O) groups is 1. The molecule has 0 spiro atoms. The second kappa shape index (κ2) is 8.94. The van der Waals surface area contributed by atoms with Gasteiger partial charge in [-0.1, -0.05) is 31.0 Å². The molecule has 33 heavy (non-hydrogen) atoms. The molecule has 2 aliphatic carbocycles. The number of ketones is 1. The summed E-state index contributed by atoms with van der Waals surface area (Å²) in [5.41, 5.74) is 3.57. The monoisotopic (exact) mass is 466 g/mol. The second-order valence-corrected chi connectivity index (χ2v) is 9.88. The van der Waals surface area contributed by atoms with Crippen molar-refractivity contribution in [3.05, 3.63) is 52.9 Å². The van der Waals surface area contributed by atoms with Crippen molar-refractivity contribution in [2.45, 2.75) is 57.9 Å². The molecule has 0 saturated heterocycles. The Kier molecular flexibility index (Phi) is 6.00. The van der Waals surface area contributed by atoms with Gasteiger partial charge in [0.05, 0.1) is 21.8 Å². The number of fused-ring (bicyclic) bond motifs is 1. The number of benzene rings is 2. The average Bonchev–Trinajstić information content (AvgIpc) is 3.68. The van der Waals surface area contributed by atoms with E-state index in [0.29, 0.717) is 17.2 Å². The maximum Gasteiger partial charge on any atom is 0.170 e. The summed E-state index contributed by atoms with van der Waals surface area (Å²) in [6, 6.07) is 8.81. The van der Waals surface area contributed by atoms with E-state index in [1.807, 2.05) is 18.2 Å². The summed E-state index contributed by atoms with van der Waals surface area (Å²) >= 11 is 6.02. The lowest BCUT2D eigenvalue weighted by Crippen LogP contribution is -2.27. The molecule has 2 fully saturated rings. The van der Waals surface area contributed by atoms with Gasteiger partial charge in [0.25, 0.3) is 0 Å². The van der Waals surface area contributed by atoms with Crippen LogP contribution in [-0.2, 0) is 0 Å². The van der Waals surface area contributed by atoms with E-state index < -0.39 is 11.6 Å². The molecule has 0 radical (unpaired) electrons. The normalized spacial score (nSPS) is 20.7. The first-order valence-electron chi connectivity index (χ1n) is 11.9. The van der Waals surface area contributed by atoms with Crippen LogP contribution in [0, 0.1) is 17.7 Å². The number of aromatic hydroxyl groups is 1. The number of anilines is 1. The van der Waals surface area contributed by atoms with Crippen LogP contribution in [0.15, 0.2) is 36.5 Å². The van der Waals surface area contributed by atoms with Crippen LogP contribution in [0.4, 0.5) is 10.1 Å². The highest BCUT2D eigenvalue weighted by atomic mass is 35.5. The van der Waals surface area contributed by atoms with Crippen LogP contribution in [0.1, 0.15) is 62.2 Å². The van der Waals surface area contributed by atoms with E-state index in [1.165, 1.54) is 25.3 Å². The molecular weight excluding hydrogens is 439 g/mol. The van der Waals surface area contributed by atoms with Gasteiger partial charge in [0.2, 0.25) is 0 Å². The molecule has 4 nitrogen and oxygen atoms in total. The first kappa shape index (κ1) is 22.1. The number of aromatic nitrogens is 1. The van der Waals surface area contributed by atoms with Crippen LogP contribution >= 0.6 is 11.6 Å². The molecule has 0 atom stereocenters. The van der Waals surface area contributed by atoms with E-state index in [9.17, 15) is 14.3 Å². The van der Waals surface area contributed by atoms with Gasteiger partial charge in [-0.3, -0.25) is 9.78 Å². The van der Waals surface area contributed by atoms with Gasteiger partial charge >= 0.3 is 0 Å². The van der Waals surface area contributed by atoms with Crippen molar-refractivity contribution >= 4 is 34.0 Å². The number of halogens is 2. The SMILES string of the molecule is CCC1CCC(Nc2c(C(=O)C3CC3)cnc3ccc(-c4cc(F)c(O)c(Cl)c4)cc23)CC1. The third-order valence-corrected chi connectivity index (χ3v) is 7.49. The minimum Gasteiger partial charge on any atom is -0.504 e. The van der Waals surface area contributed by atoms with Gasteiger partial charge in [0.15, 0.2) is 17.3 Å². The third kappa shape index (κ3) is 4.43.